The van der Waals surface area contributed by atoms with Crippen LogP contribution in [0.15, 0.2) is 30.3 Å². The maximum Gasteiger partial charge on any atom is 0.129 e. The summed E-state index contributed by atoms with van der Waals surface area (Å²) < 4.78 is 0. The topological polar surface area (TPSA) is 20.2 Å². The molecule has 0 spiro atoms. The Morgan fingerprint density at radius 1 is 1.20 bits per heavy atom. The summed E-state index contributed by atoms with van der Waals surface area (Å²) in [7, 11) is -1.36. The van der Waals surface area contributed by atoms with Crippen molar-refractivity contribution in [1.29, 1.82) is 0 Å². The van der Waals surface area contributed by atoms with Gasteiger partial charge in [-0.05, 0) is 5.56 Å². The smallest absolute Gasteiger partial charge is 0.129 e. The molecule has 0 heterocycles. The highest BCUT2D eigenvalue weighted by Crippen LogP contribution is 2.03. The van der Waals surface area contributed by atoms with Gasteiger partial charge in [0.25, 0.3) is 0 Å². The summed E-state index contributed by atoms with van der Waals surface area (Å²) in [6.07, 6.45) is 0.0947. The first-order chi connectivity index (χ1) is 6.97. The van der Waals surface area contributed by atoms with Gasteiger partial charge in [-0.25, -0.2) is 0 Å². The van der Waals surface area contributed by atoms with Crippen LogP contribution >= 0.6 is 0 Å². The largest absolute Gasteiger partial charge is 0.380 e. The summed E-state index contributed by atoms with van der Waals surface area (Å²) in [6.45, 7) is 6.53. The lowest BCUT2D eigenvalue weighted by atomic mass is 10.1. The van der Waals surface area contributed by atoms with E-state index in [1.165, 1.54) is 0 Å². The van der Waals surface area contributed by atoms with Crippen LogP contribution in [0.3, 0.4) is 0 Å². The minimum absolute atomic E-state index is 0.529. The highest BCUT2D eigenvalue weighted by Gasteiger charge is 2.08. The van der Waals surface area contributed by atoms with Crippen molar-refractivity contribution in [3.8, 4) is 11.5 Å². The summed E-state index contributed by atoms with van der Waals surface area (Å²) in [5, 5.41) is 9.71. The Balaban J connectivity index is 2.56. The van der Waals surface area contributed by atoms with E-state index < -0.39 is 14.2 Å². The van der Waals surface area contributed by atoms with Gasteiger partial charge in [-0.2, -0.15) is 0 Å². The van der Waals surface area contributed by atoms with E-state index >= 15 is 0 Å². The number of hydrogen-bond donors (Lipinski definition) is 1. The first-order valence-corrected chi connectivity index (χ1v) is 8.72. The van der Waals surface area contributed by atoms with Crippen LogP contribution in [0.2, 0.25) is 19.6 Å². The lowest BCUT2D eigenvalue weighted by Crippen LogP contribution is -2.18. The van der Waals surface area contributed by atoms with Crippen LogP contribution in [0.4, 0.5) is 0 Å². The summed E-state index contributed by atoms with van der Waals surface area (Å²) in [5.74, 6) is 2.94. The van der Waals surface area contributed by atoms with Crippen molar-refractivity contribution in [2.75, 3.05) is 0 Å². The monoisotopic (exact) mass is 218 g/mol. The average molecular weight is 218 g/mol. The zero-order valence-electron chi connectivity index (χ0n) is 9.62. The molecule has 1 unspecified atom stereocenters. The first kappa shape index (κ1) is 12.0. The van der Waals surface area contributed by atoms with Crippen LogP contribution in [0, 0.1) is 11.5 Å². The molecule has 0 aliphatic carbocycles. The number of hydrogen-bond acceptors (Lipinski definition) is 1. The molecule has 15 heavy (non-hydrogen) atoms. The van der Waals surface area contributed by atoms with Crippen molar-refractivity contribution in [1.82, 2.24) is 0 Å². The molecule has 1 atom stereocenters. The van der Waals surface area contributed by atoms with E-state index in [4.69, 9.17) is 0 Å². The average Bonchev–Trinajstić information content (AvgIpc) is 2.15. The number of aliphatic hydroxyl groups is 1. The molecule has 0 aliphatic rings. The lowest BCUT2D eigenvalue weighted by molar-refractivity contribution is 0.233. The molecular weight excluding hydrogens is 200 g/mol. The molecule has 80 valence electrons. The van der Waals surface area contributed by atoms with E-state index in [-0.39, 0.29) is 0 Å². The Hall–Kier alpha value is -1.04. The minimum atomic E-state index is -1.36. The maximum atomic E-state index is 9.71. The van der Waals surface area contributed by atoms with Gasteiger partial charge in [0, 0.05) is 6.42 Å². The van der Waals surface area contributed by atoms with Crippen molar-refractivity contribution in [3.05, 3.63) is 35.9 Å². The Kier molecular flexibility index (Phi) is 4.13. The molecular formula is C13H18OSi. The van der Waals surface area contributed by atoms with Crippen molar-refractivity contribution < 1.29 is 5.11 Å². The summed E-state index contributed by atoms with van der Waals surface area (Å²) in [5.41, 5.74) is 4.31. The second kappa shape index (κ2) is 5.15. The third-order valence-electron chi connectivity index (χ3n) is 1.89. The third kappa shape index (κ3) is 5.41. The van der Waals surface area contributed by atoms with E-state index in [0.717, 1.165) is 5.56 Å². The predicted octanol–water partition coefficient (Wildman–Crippen LogP) is 2.47. The van der Waals surface area contributed by atoms with Gasteiger partial charge in [-0.15, -0.1) is 5.54 Å². The van der Waals surface area contributed by atoms with Gasteiger partial charge in [0.05, 0.1) is 0 Å². The maximum absolute atomic E-state index is 9.71. The zero-order chi connectivity index (χ0) is 11.3. The van der Waals surface area contributed by atoms with Crippen LogP contribution < -0.4 is 0 Å². The van der Waals surface area contributed by atoms with Crippen molar-refractivity contribution >= 4 is 8.07 Å². The van der Waals surface area contributed by atoms with Crippen LogP contribution in [0.5, 0.6) is 0 Å². The Labute approximate surface area is 93.2 Å². The normalized spacial score (nSPS) is 12.8. The van der Waals surface area contributed by atoms with E-state index in [2.05, 4.69) is 31.1 Å². The summed E-state index contributed by atoms with van der Waals surface area (Å²) >= 11 is 0. The van der Waals surface area contributed by atoms with Crippen LogP contribution in [-0.4, -0.2) is 19.3 Å². The summed E-state index contributed by atoms with van der Waals surface area (Å²) in [4.78, 5) is 0. The first-order valence-electron chi connectivity index (χ1n) is 5.22. The SMILES string of the molecule is C[Si](C)(C)C#CC(O)Cc1ccccc1. The van der Waals surface area contributed by atoms with E-state index in [1.807, 2.05) is 30.3 Å². The molecule has 0 saturated heterocycles. The van der Waals surface area contributed by atoms with Crippen LogP contribution in [0.25, 0.3) is 0 Å². The standard InChI is InChI=1S/C13H18OSi/c1-15(2,3)10-9-13(14)11-12-7-5-4-6-8-12/h4-8,13-14H,11H2,1-3H3. The predicted molar refractivity (Wildman–Crippen MR) is 67.3 cm³/mol. The molecule has 0 aromatic heterocycles. The van der Waals surface area contributed by atoms with Gasteiger partial charge in [0.15, 0.2) is 0 Å². The third-order valence-corrected chi connectivity index (χ3v) is 2.78. The van der Waals surface area contributed by atoms with Crippen LogP contribution in [-0.2, 0) is 6.42 Å². The second-order valence-electron chi connectivity index (χ2n) is 4.72. The van der Waals surface area contributed by atoms with Gasteiger partial charge in [0.2, 0.25) is 0 Å². The summed E-state index contributed by atoms with van der Waals surface area (Å²) in [6, 6.07) is 9.96. The molecule has 0 amide bonds. The molecule has 1 nitrogen and oxygen atoms in total. The van der Waals surface area contributed by atoms with Crippen molar-refractivity contribution in [2.45, 2.75) is 32.2 Å². The number of benzene rings is 1. The molecule has 1 aromatic carbocycles. The van der Waals surface area contributed by atoms with E-state index in [1.54, 1.807) is 0 Å². The molecule has 0 fully saturated rings. The number of aliphatic hydroxyl groups excluding tert-OH is 1. The minimum Gasteiger partial charge on any atom is -0.380 e. The quantitative estimate of drug-likeness (QED) is 0.597. The molecule has 0 radical (unpaired) electrons. The molecule has 0 bridgehead atoms. The van der Waals surface area contributed by atoms with Gasteiger partial charge < -0.3 is 5.11 Å². The van der Waals surface area contributed by atoms with Gasteiger partial charge in [-0.1, -0.05) is 55.9 Å². The number of rotatable bonds is 2. The Bertz CT molecular complexity index is 354. The highest BCUT2D eigenvalue weighted by molar-refractivity contribution is 6.83. The van der Waals surface area contributed by atoms with Gasteiger partial charge in [0.1, 0.15) is 14.2 Å². The Morgan fingerprint density at radius 2 is 1.80 bits per heavy atom. The second-order valence-corrected chi connectivity index (χ2v) is 9.47. The molecule has 2 heteroatoms. The highest BCUT2D eigenvalue weighted by atomic mass is 28.3. The molecule has 1 N–H and O–H groups in total. The Morgan fingerprint density at radius 3 is 2.33 bits per heavy atom. The fourth-order valence-corrected chi connectivity index (χ4v) is 1.79. The van der Waals surface area contributed by atoms with Crippen LogP contribution in [0.1, 0.15) is 5.56 Å². The van der Waals surface area contributed by atoms with E-state index in [9.17, 15) is 5.11 Å². The van der Waals surface area contributed by atoms with Crippen molar-refractivity contribution in [3.63, 3.8) is 0 Å². The lowest BCUT2D eigenvalue weighted by Gasteiger charge is -2.06. The zero-order valence-corrected chi connectivity index (χ0v) is 10.6. The molecule has 0 saturated carbocycles. The fourth-order valence-electron chi connectivity index (χ4n) is 1.19. The molecule has 1 aromatic rings. The fraction of sp³-hybridized carbons (Fsp3) is 0.385. The molecule has 0 aliphatic heterocycles. The molecule has 1 rings (SSSR count). The van der Waals surface area contributed by atoms with Gasteiger partial charge in [-0.3, -0.25) is 0 Å². The van der Waals surface area contributed by atoms with Gasteiger partial charge >= 0.3 is 0 Å². The van der Waals surface area contributed by atoms with E-state index in [0.29, 0.717) is 6.42 Å². The van der Waals surface area contributed by atoms with Crippen molar-refractivity contribution in [2.24, 2.45) is 0 Å².